The maximum Gasteiger partial charge on any atom is 0.262 e. The van der Waals surface area contributed by atoms with E-state index in [-0.39, 0.29) is 43.0 Å². The Kier molecular flexibility index (Phi) is 4.94. The van der Waals surface area contributed by atoms with Crippen LogP contribution in [0.25, 0.3) is 0 Å². The van der Waals surface area contributed by atoms with Crippen molar-refractivity contribution in [2.45, 2.75) is 31.6 Å². The van der Waals surface area contributed by atoms with Crippen LogP contribution in [0.15, 0.2) is 18.2 Å². The van der Waals surface area contributed by atoms with Gasteiger partial charge in [-0.3, -0.25) is 29.4 Å². The van der Waals surface area contributed by atoms with Crippen LogP contribution >= 0.6 is 0 Å². The van der Waals surface area contributed by atoms with Gasteiger partial charge in [0.2, 0.25) is 11.8 Å². The standard InChI is InChI=1S/C19H21FN4O4/c20-13(11-7-21-8-11)9-22-6-10-2-1-3-12-16(10)19(28)24(18(12)27)14-4-5-15(25)23-17(14)26/h1-3,11,13-14,21-22H,4-9H2,(H,23,25,26). The summed E-state index contributed by atoms with van der Waals surface area (Å²) in [4.78, 5) is 50.1. The molecule has 3 N–H and O–H groups in total. The first-order chi connectivity index (χ1) is 13.5. The molecule has 1 aromatic rings. The van der Waals surface area contributed by atoms with E-state index in [0.29, 0.717) is 18.7 Å². The number of imide groups is 2. The molecule has 1 aromatic carbocycles. The first-order valence-electron chi connectivity index (χ1n) is 9.36. The summed E-state index contributed by atoms with van der Waals surface area (Å²) < 4.78 is 14.0. The van der Waals surface area contributed by atoms with Crippen LogP contribution in [0.4, 0.5) is 4.39 Å². The number of amides is 4. The Bertz CT molecular complexity index is 854. The van der Waals surface area contributed by atoms with E-state index >= 15 is 0 Å². The number of hydrogen-bond acceptors (Lipinski definition) is 6. The topological polar surface area (TPSA) is 108 Å². The molecule has 9 heteroatoms. The van der Waals surface area contributed by atoms with Crippen LogP contribution in [0.1, 0.15) is 39.1 Å². The van der Waals surface area contributed by atoms with Crippen molar-refractivity contribution in [1.82, 2.24) is 20.9 Å². The van der Waals surface area contributed by atoms with Crippen molar-refractivity contribution in [3.63, 3.8) is 0 Å². The number of halogens is 1. The fraction of sp³-hybridized carbons (Fsp3) is 0.474. The lowest BCUT2D eigenvalue weighted by molar-refractivity contribution is -0.136. The number of carbonyl (C=O) groups is 4. The van der Waals surface area contributed by atoms with Gasteiger partial charge in [-0.2, -0.15) is 0 Å². The van der Waals surface area contributed by atoms with Crippen molar-refractivity contribution in [3.8, 4) is 0 Å². The predicted molar refractivity (Wildman–Crippen MR) is 96.1 cm³/mol. The average Bonchev–Trinajstić information content (AvgIpc) is 2.86. The molecule has 3 aliphatic heterocycles. The van der Waals surface area contributed by atoms with Crippen LogP contribution in [0.2, 0.25) is 0 Å². The highest BCUT2D eigenvalue weighted by Crippen LogP contribution is 2.30. The molecule has 4 amide bonds. The van der Waals surface area contributed by atoms with Crippen molar-refractivity contribution in [1.29, 1.82) is 0 Å². The molecule has 0 saturated carbocycles. The highest BCUT2D eigenvalue weighted by Gasteiger charge is 2.45. The van der Waals surface area contributed by atoms with Crippen LogP contribution in [0, 0.1) is 5.92 Å². The molecule has 0 spiro atoms. The summed E-state index contributed by atoms with van der Waals surface area (Å²) in [5.41, 5.74) is 1.06. The zero-order valence-electron chi connectivity index (χ0n) is 15.2. The second-order valence-corrected chi connectivity index (χ2v) is 7.35. The van der Waals surface area contributed by atoms with E-state index in [1.807, 2.05) is 0 Å². The summed E-state index contributed by atoms with van der Waals surface area (Å²) in [6.45, 7) is 1.73. The zero-order valence-corrected chi connectivity index (χ0v) is 15.2. The molecule has 2 fully saturated rings. The lowest BCUT2D eigenvalue weighted by Crippen LogP contribution is -2.54. The van der Waals surface area contributed by atoms with E-state index in [1.165, 1.54) is 0 Å². The molecule has 4 rings (SSSR count). The van der Waals surface area contributed by atoms with Crippen molar-refractivity contribution < 1.29 is 23.6 Å². The minimum atomic E-state index is -0.993. The first kappa shape index (κ1) is 18.7. The van der Waals surface area contributed by atoms with Gasteiger partial charge in [0.15, 0.2) is 0 Å². The molecule has 0 bridgehead atoms. The Morgan fingerprint density at radius 2 is 1.96 bits per heavy atom. The van der Waals surface area contributed by atoms with E-state index in [4.69, 9.17) is 0 Å². The fourth-order valence-corrected chi connectivity index (χ4v) is 3.81. The SMILES string of the molecule is O=C1CCC(N2C(=O)c3cccc(CNCC(F)C4CNC4)c3C2=O)C(=O)N1. The van der Waals surface area contributed by atoms with Gasteiger partial charge >= 0.3 is 0 Å². The number of nitrogens with zero attached hydrogens (tertiary/aromatic N) is 1. The Morgan fingerprint density at radius 1 is 1.18 bits per heavy atom. The maximum atomic E-state index is 14.0. The highest BCUT2D eigenvalue weighted by molar-refractivity contribution is 6.24. The summed E-state index contributed by atoms with van der Waals surface area (Å²) in [6, 6.07) is 3.93. The number of alkyl halides is 1. The van der Waals surface area contributed by atoms with Crippen molar-refractivity contribution >= 4 is 23.6 Å². The second kappa shape index (κ2) is 7.40. The van der Waals surface area contributed by atoms with Crippen LogP contribution in [0.5, 0.6) is 0 Å². The Balaban J connectivity index is 1.49. The molecule has 0 aromatic heterocycles. The summed E-state index contributed by atoms with van der Waals surface area (Å²) in [6.07, 6.45) is -0.787. The molecule has 8 nitrogen and oxygen atoms in total. The molecule has 28 heavy (non-hydrogen) atoms. The first-order valence-corrected chi connectivity index (χ1v) is 9.36. The fourth-order valence-electron chi connectivity index (χ4n) is 3.81. The minimum Gasteiger partial charge on any atom is -0.316 e. The number of carbonyl (C=O) groups excluding carboxylic acids is 4. The van der Waals surface area contributed by atoms with Gasteiger partial charge in [-0.05, 0) is 18.1 Å². The minimum absolute atomic E-state index is 0.000198. The third kappa shape index (κ3) is 3.20. The molecule has 148 valence electrons. The quantitative estimate of drug-likeness (QED) is 0.580. The molecular weight excluding hydrogens is 367 g/mol. The Morgan fingerprint density at radius 3 is 2.64 bits per heavy atom. The summed E-state index contributed by atoms with van der Waals surface area (Å²) in [5.74, 6) is -2.14. The number of nitrogens with one attached hydrogen (secondary N) is 3. The third-order valence-electron chi connectivity index (χ3n) is 5.53. The summed E-state index contributed by atoms with van der Waals surface area (Å²) in [5, 5.41) is 8.22. The molecule has 2 unspecified atom stereocenters. The van der Waals surface area contributed by atoms with Gasteiger partial charge in [-0.15, -0.1) is 0 Å². The summed E-state index contributed by atoms with van der Waals surface area (Å²) >= 11 is 0. The molecule has 3 aliphatic rings. The molecule has 0 aliphatic carbocycles. The van der Waals surface area contributed by atoms with Crippen molar-refractivity contribution in [3.05, 3.63) is 34.9 Å². The van der Waals surface area contributed by atoms with Gasteiger partial charge in [0, 0.05) is 38.5 Å². The Hall–Kier alpha value is -2.65. The lowest BCUT2D eigenvalue weighted by atomic mass is 9.97. The van der Waals surface area contributed by atoms with Gasteiger partial charge in [-0.25, -0.2) is 4.39 Å². The third-order valence-corrected chi connectivity index (χ3v) is 5.53. The highest BCUT2D eigenvalue weighted by atomic mass is 19.1. The molecule has 2 saturated heterocycles. The number of hydrogen-bond donors (Lipinski definition) is 3. The molecule has 3 heterocycles. The van der Waals surface area contributed by atoms with Crippen LogP contribution < -0.4 is 16.0 Å². The van der Waals surface area contributed by atoms with E-state index in [2.05, 4.69) is 16.0 Å². The van der Waals surface area contributed by atoms with Crippen molar-refractivity contribution in [2.75, 3.05) is 19.6 Å². The molecular formula is C19H21FN4O4. The van der Waals surface area contributed by atoms with E-state index < -0.39 is 35.8 Å². The average molecular weight is 388 g/mol. The number of piperidine rings is 1. The van der Waals surface area contributed by atoms with Gasteiger partial charge in [-0.1, -0.05) is 12.1 Å². The maximum absolute atomic E-state index is 14.0. The van der Waals surface area contributed by atoms with E-state index in [9.17, 15) is 23.6 Å². The monoisotopic (exact) mass is 388 g/mol. The van der Waals surface area contributed by atoms with Gasteiger partial charge in [0.05, 0.1) is 11.1 Å². The predicted octanol–water partition coefficient (Wildman–Crippen LogP) is -0.265. The number of fused-ring (bicyclic) bond motifs is 1. The van der Waals surface area contributed by atoms with E-state index in [0.717, 1.165) is 4.90 Å². The smallest absolute Gasteiger partial charge is 0.262 e. The van der Waals surface area contributed by atoms with Crippen LogP contribution in [-0.2, 0) is 16.1 Å². The molecule has 0 radical (unpaired) electrons. The van der Waals surface area contributed by atoms with Gasteiger partial charge < -0.3 is 10.6 Å². The lowest BCUT2D eigenvalue weighted by Gasteiger charge is -2.30. The summed E-state index contributed by atoms with van der Waals surface area (Å²) in [7, 11) is 0. The Labute approximate surface area is 160 Å². The number of rotatable bonds is 6. The second-order valence-electron chi connectivity index (χ2n) is 7.35. The van der Waals surface area contributed by atoms with Crippen LogP contribution in [-0.4, -0.2) is 60.4 Å². The van der Waals surface area contributed by atoms with Crippen LogP contribution in [0.3, 0.4) is 0 Å². The van der Waals surface area contributed by atoms with Gasteiger partial charge in [0.1, 0.15) is 12.2 Å². The van der Waals surface area contributed by atoms with E-state index in [1.54, 1.807) is 18.2 Å². The molecule has 2 atom stereocenters. The largest absolute Gasteiger partial charge is 0.316 e. The zero-order chi connectivity index (χ0) is 19.8. The van der Waals surface area contributed by atoms with Gasteiger partial charge in [0.25, 0.3) is 11.8 Å². The number of benzene rings is 1. The van der Waals surface area contributed by atoms with Crippen molar-refractivity contribution in [2.24, 2.45) is 5.92 Å². The normalized spacial score (nSPS) is 23.5.